The first-order valence-electron chi connectivity index (χ1n) is 10.2. The number of rotatable bonds is 4. The summed E-state index contributed by atoms with van der Waals surface area (Å²) in [6.07, 6.45) is 2.67. The van der Waals surface area contributed by atoms with Crippen molar-refractivity contribution in [2.75, 3.05) is 20.3 Å². The van der Waals surface area contributed by atoms with Gasteiger partial charge >= 0.3 is 0 Å². The number of hydrogen-bond acceptors (Lipinski definition) is 4. The van der Waals surface area contributed by atoms with E-state index in [4.69, 9.17) is 30.9 Å². The standard InChI is InChI=1S/C21H21ClFN3O3.C2H6/c1-13-7-20-15(5-6-28-20)9-19(13)24-21-25-29-12-16(27-2)11-26(21)10-14-3-4-18(23)17(22)8-14;1-2/h3-4,7-9,11H,5-6,10,12H2,1-2H3,(H,24,25);1-2H3. The summed E-state index contributed by atoms with van der Waals surface area (Å²) in [7, 11) is 1.58. The summed E-state index contributed by atoms with van der Waals surface area (Å²) in [4.78, 5) is 12.1. The molecule has 0 spiro atoms. The molecule has 0 aromatic heterocycles. The van der Waals surface area contributed by atoms with E-state index in [0.29, 0.717) is 24.9 Å². The second-order valence-electron chi connectivity index (χ2n) is 6.85. The number of methoxy groups -OCH3 is 1. The van der Waals surface area contributed by atoms with E-state index in [1.165, 1.54) is 6.07 Å². The van der Waals surface area contributed by atoms with Crippen molar-refractivity contribution in [2.45, 2.75) is 33.7 Å². The third kappa shape index (κ3) is 5.48. The molecule has 31 heavy (non-hydrogen) atoms. The Bertz CT molecular complexity index is 994. The minimum atomic E-state index is -0.453. The van der Waals surface area contributed by atoms with Crippen molar-refractivity contribution < 1.29 is 18.7 Å². The Morgan fingerprint density at radius 1 is 1.26 bits per heavy atom. The average Bonchev–Trinajstić information content (AvgIpc) is 3.13. The highest BCUT2D eigenvalue weighted by Gasteiger charge is 2.19. The summed E-state index contributed by atoms with van der Waals surface area (Å²) >= 11 is 5.94. The molecule has 6 nitrogen and oxygen atoms in total. The van der Waals surface area contributed by atoms with Gasteiger partial charge in [-0.3, -0.25) is 4.84 Å². The average molecular weight is 448 g/mol. The van der Waals surface area contributed by atoms with E-state index >= 15 is 0 Å². The first-order chi connectivity index (χ1) is 15.0. The molecule has 0 saturated carbocycles. The molecule has 0 aliphatic carbocycles. The summed E-state index contributed by atoms with van der Waals surface area (Å²) in [5, 5.41) is 0.0745. The summed E-state index contributed by atoms with van der Waals surface area (Å²) in [5.41, 5.74) is 6.65. The van der Waals surface area contributed by atoms with Crippen LogP contribution in [0.3, 0.4) is 0 Å². The lowest BCUT2D eigenvalue weighted by molar-refractivity contribution is 0.0746. The van der Waals surface area contributed by atoms with E-state index in [-0.39, 0.29) is 11.6 Å². The second kappa shape index (κ2) is 10.5. The van der Waals surface area contributed by atoms with Gasteiger partial charge < -0.3 is 14.4 Å². The Kier molecular flexibility index (Phi) is 7.76. The summed E-state index contributed by atoms with van der Waals surface area (Å²) < 4.78 is 24.5. The molecule has 2 aromatic carbocycles. The van der Waals surface area contributed by atoms with Gasteiger partial charge in [-0.25, -0.2) is 14.9 Å². The zero-order chi connectivity index (χ0) is 22.4. The topological polar surface area (TPSA) is 55.3 Å². The lowest BCUT2D eigenvalue weighted by Gasteiger charge is -2.21. The van der Waals surface area contributed by atoms with E-state index in [1.54, 1.807) is 19.2 Å². The van der Waals surface area contributed by atoms with Gasteiger partial charge in [0.05, 0.1) is 31.0 Å². The molecule has 0 atom stereocenters. The number of guanidine groups is 1. The molecule has 2 aromatic rings. The number of ether oxygens (including phenoxy) is 2. The summed E-state index contributed by atoms with van der Waals surface area (Å²) in [5.74, 6) is 1.57. The predicted molar refractivity (Wildman–Crippen MR) is 120 cm³/mol. The van der Waals surface area contributed by atoms with Crippen molar-refractivity contribution in [3.05, 3.63) is 69.8 Å². The van der Waals surface area contributed by atoms with E-state index in [1.807, 2.05) is 44.0 Å². The number of halogens is 2. The highest BCUT2D eigenvalue weighted by molar-refractivity contribution is 6.30. The quantitative estimate of drug-likeness (QED) is 0.692. The van der Waals surface area contributed by atoms with Crippen LogP contribution in [0.2, 0.25) is 5.02 Å². The van der Waals surface area contributed by atoms with Crippen LogP contribution in [-0.4, -0.2) is 31.2 Å². The van der Waals surface area contributed by atoms with Gasteiger partial charge in [0, 0.05) is 12.6 Å². The lowest BCUT2D eigenvalue weighted by atomic mass is 10.1. The van der Waals surface area contributed by atoms with Crippen LogP contribution >= 0.6 is 11.6 Å². The number of hydrogen-bond donors (Lipinski definition) is 1. The Labute approximate surface area is 187 Å². The number of fused-ring (bicyclic) bond motifs is 1. The normalized spacial score (nSPS) is 16.4. The molecule has 0 bridgehead atoms. The molecule has 2 aliphatic heterocycles. The number of aliphatic imine (C=N–C) groups is 1. The molecule has 2 heterocycles. The maximum Gasteiger partial charge on any atom is 0.228 e. The SMILES string of the molecule is CC.COC1=CN(Cc2ccc(F)c(Cl)c2)C(=Nc2cc3c(cc2C)OCC3)NOC1. The van der Waals surface area contributed by atoms with Crippen LogP contribution in [0.4, 0.5) is 10.1 Å². The van der Waals surface area contributed by atoms with Crippen LogP contribution in [0, 0.1) is 12.7 Å². The van der Waals surface area contributed by atoms with Gasteiger partial charge in [-0.2, -0.15) is 0 Å². The minimum Gasteiger partial charge on any atom is -0.497 e. The van der Waals surface area contributed by atoms with Crippen molar-refractivity contribution in [1.82, 2.24) is 10.4 Å². The van der Waals surface area contributed by atoms with Crippen molar-refractivity contribution in [3.63, 3.8) is 0 Å². The molecular formula is C23H27ClFN3O3. The first-order valence-corrected chi connectivity index (χ1v) is 10.6. The van der Waals surface area contributed by atoms with Gasteiger partial charge in [0.15, 0.2) is 0 Å². The highest BCUT2D eigenvalue weighted by atomic mass is 35.5. The van der Waals surface area contributed by atoms with Crippen molar-refractivity contribution in [2.24, 2.45) is 4.99 Å². The maximum absolute atomic E-state index is 13.5. The van der Waals surface area contributed by atoms with E-state index < -0.39 is 5.82 Å². The number of aryl methyl sites for hydroxylation is 1. The van der Waals surface area contributed by atoms with Crippen LogP contribution < -0.4 is 10.2 Å². The number of benzene rings is 2. The smallest absolute Gasteiger partial charge is 0.228 e. The van der Waals surface area contributed by atoms with Crippen molar-refractivity contribution in [1.29, 1.82) is 0 Å². The van der Waals surface area contributed by atoms with Gasteiger partial charge in [0.1, 0.15) is 23.9 Å². The summed E-state index contributed by atoms with van der Waals surface area (Å²) in [6.45, 7) is 7.31. The largest absolute Gasteiger partial charge is 0.497 e. The van der Waals surface area contributed by atoms with Gasteiger partial charge in [-0.15, -0.1) is 0 Å². The molecule has 0 saturated heterocycles. The van der Waals surface area contributed by atoms with Crippen LogP contribution in [0.15, 0.2) is 47.3 Å². The molecule has 0 amide bonds. The molecule has 1 N–H and O–H groups in total. The number of hydroxylamine groups is 1. The first kappa shape index (κ1) is 22.9. The zero-order valence-corrected chi connectivity index (χ0v) is 18.9. The third-order valence-electron chi connectivity index (χ3n) is 4.78. The Hall–Kier alpha value is -2.77. The van der Waals surface area contributed by atoms with E-state index in [0.717, 1.165) is 34.5 Å². The Balaban J connectivity index is 0.00000132. The molecular weight excluding hydrogens is 421 g/mol. The predicted octanol–water partition coefficient (Wildman–Crippen LogP) is 5.26. The molecule has 0 unspecified atom stereocenters. The number of nitrogens with zero attached hydrogens (tertiary/aromatic N) is 2. The molecule has 4 rings (SSSR count). The maximum atomic E-state index is 13.5. The Morgan fingerprint density at radius 2 is 2.06 bits per heavy atom. The van der Waals surface area contributed by atoms with Gasteiger partial charge in [-0.1, -0.05) is 31.5 Å². The fourth-order valence-corrected chi connectivity index (χ4v) is 3.41. The van der Waals surface area contributed by atoms with Crippen LogP contribution in [-0.2, 0) is 22.5 Å². The molecule has 2 aliphatic rings. The Morgan fingerprint density at radius 3 is 2.81 bits per heavy atom. The second-order valence-corrected chi connectivity index (χ2v) is 7.25. The van der Waals surface area contributed by atoms with Crippen LogP contribution in [0.5, 0.6) is 5.75 Å². The fraction of sp³-hybridized carbons (Fsp3) is 0.348. The van der Waals surface area contributed by atoms with Gasteiger partial charge in [0.25, 0.3) is 0 Å². The number of nitrogens with one attached hydrogen (secondary N) is 1. The molecule has 0 radical (unpaired) electrons. The molecule has 0 fully saturated rings. The minimum absolute atomic E-state index is 0.0745. The lowest BCUT2D eigenvalue weighted by Crippen LogP contribution is -2.36. The summed E-state index contributed by atoms with van der Waals surface area (Å²) in [6, 6.07) is 8.66. The van der Waals surface area contributed by atoms with E-state index in [9.17, 15) is 4.39 Å². The van der Waals surface area contributed by atoms with Crippen molar-refractivity contribution in [3.8, 4) is 5.75 Å². The third-order valence-corrected chi connectivity index (χ3v) is 5.07. The van der Waals surface area contributed by atoms with Gasteiger partial charge in [0.2, 0.25) is 5.96 Å². The monoisotopic (exact) mass is 447 g/mol. The molecule has 166 valence electrons. The van der Waals surface area contributed by atoms with Crippen LogP contribution in [0.1, 0.15) is 30.5 Å². The zero-order valence-electron chi connectivity index (χ0n) is 18.2. The highest BCUT2D eigenvalue weighted by Crippen LogP contribution is 2.33. The van der Waals surface area contributed by atoms with Gasteiger partial charge in [-0.05, 0) is 47.9 Å². The van der Waals surface area contributed by atoms with Crippen molar-refractivity contribution >= 4 is 23.2 Å². The fourth-order valence-electron chi connectivity index (χ4n) is 3.21. The van der Waals surface area contributed by atoms with Crippen LogP contribution in [0.25, 0.3) is 0 Å². The molecule has 8 heteroatoms. The van der Waals surface area contributed by atoms with E-state index in [2.05, 4.69) is 5.48 Å².